The van der Waals surface area contributed by atoms with E-state index in [0.717, 1.165) is 4.47 Å². The number of hydrogen-bond donors (Lipinski definition) is 1. The minimum Gasteiger partial charge on any atom is -0.440 e. The maximum atomic E-state index is 11.7. The Morgan fingerprint density at radius 2 is 2.00 bits per heavy atom. The summed E-state index contributed by atoms with van der Waals surface area (Å²) in [5, 5.41) is 3.33. The predicted molar refractivity (Wildman–Crippen MR) is 70.8 cm³/mol. The molecule has 0 aliphatic rings. The average Bonchev–Trinajstić information content (AvgIpc) is 2.70. The van der Waals surface area contributed by atoms with E-state index in [9.17, 15) is 4.79 Å². The first kappa shape index (κ1) is 12.5. The van der Waals surface area contributed by atoms with Crippen LogP contribution in [0.5, 0.6) is 0 Å². The van der Waals surface area contributed by atoms with Crippen molar-refractivity contribution in [3.8, 4) is 0 Å². The van der Waals surface area contributed by atoms with E-state index in [0.29, 0.717) is 10.7 Å². The normalized spacial score (nSPS) is 10.3. The Balaban J connectivity index is 2.15. The average molecular weight is 335 g/mol. The number of nitrogens with one attached hydrogen (secondary N) is 1. The number of benzene rings is 1. The van der Waals surface area contributed by atoms with Crippen molar-refractivity contribution in [1.82, 2.24) is 0 Å². The van der Waals surface area contributed by atoms with E-state index in [4.69, 9.17) is 27.6 Å². The predicted octanol–water partition coefficient (Wildman–Crippen LogP) is 4.60. The minimum absolute atomic E-state index is 0.147. The van der Waals surface area contributed by atoms with E-state index in [1.807, 2.05) is 0 Å². The number of carbonyl (C=O) groups excluding carboxylic acids is 1. The Morgan fingerprint density at radius 1 is 1.24 bits per heavy atom. The lowest BCUT2D eigenvalue weighted by molar-refractivity contribution is 0.0997. The Labute approximate surface area is 116 Å². The second-order valence-corrected chi connectivity index (χ2v) is 4.82. The molecule has 1 heterocycles. The molecule has 17 heavy (non-hydrogen) atoms. The summed E-state index contributed by atoms with van der Waals surface area (Å²) < 4.78 is 5.74. The van der Waals surface area contributed by atoms with E-state index in [2.05, 4.69) is 21.2 Å². The molecule has 0 atom stereocenters. The van der Waals surface area contributed by atoms with Crippen LogP contribution in [0, 0.1) is 0 Å². The van der Waals surface area contributed by atoms with Crippen molar-refractivity contribution >= 4 is 50.7 Å². The van der Waals surface area contributed by atoms with Gasteiger partial charge in [0.25, 0.3) is 5.91 Å². The monoisotopic (exact) mass is 333 g/mol. The maximum absolute atomic E-state index is 11.7. The minimum atomic E-state index is -0.379. The van der Waals surface area contributed by atoms with Gasteiger partial charge >= 0.3 is 0 Å². The summed E-state index contributed by atoms with van der Waals surface area (Å²) in [7, 11) is 0. The zero-order valence-corrected chi connectivity index (χ0v) is 11.4. The second-order valence-electron chi connectivity index (χ2n) is 3.19. The van der Waals surface area contributed by atoms with Gasteiger partial charge in [-0.15, -0.1) is 0 Å². The molecule has 1 aromatic heterocycles. The van der Waals surface area contributed by atoms with Gasteiger partial charge in [-0.1, -0.05) is 11.6 Å². The van der Waals surface area contributed by atoms with Crippen molar-refractivity contribution in [1.29, 1.82) is 0 Å². The van der Waals surface area contributed by atoms with Gasteiger partial charge < -0.3 is 9.73 Å². The molecule has 0 unspecified atom stereocenters. The summed E-state index contributed by atoms with van der Waals surface area (Å²) in [6.45, 7) is 0. The van der Waals surface area contributed by atoms with Crippen LogP contribution in [0.3, 0.4) is 0 Å². The first-order valence-corrected chi connectivity index (χ1v) is 6.13. The van der Waals surface area contributed by atoms with Crippen LogP contribution >= 0.6 is 39.1 Å². The topological polar surface area (TPSA) is 42.2 Å². The summed E-state index contributed by atoms with van der Waals surface area (Å²) in [6, 6.07) is 8.10. The first-order chi connectivity index (χ1) is 8.06. The van der Waals surface area contributed by atoms with Crippen molar-refractivity contribution in [2.24, 2.45) is 0 Å². The van der Waals surface area contributed by atoms with Crippen LogP contribution in [0.4, 0.5) is 5.69 Å². The van der Waals surface area contributed by atoms with Gasteiger partial charge in [0.05, 0.1) is 5.02 Å². The van der Waals surface area contributed by atoms with Crippen molar-refractivity contribution in [3.63, 3.8) is 0 Å². The molecule has 0 saturated heterocycles. The first-order valence-electron chi connectivity index (χ1n) is 4.58. The lowest BCUT2D eigenvalue weighted by Gasteiger charge is -2.04. The molecule has 1 amide bonds. The van der Waals surface area contributed by atoms with Crippen LogP contribution in [0.2, 0.25) is 10.2 Å². The van der Waals surface area contributed by atoms with Crippen LogP contribution in [0.15, 0.2) is 39.2 Å². The van der Waals surface area contributed by atoms with Gasteiger partial charge in [-0.25, -0.2) is 0 Å². The van der Waals surface area contributed by atoms with Gasteiger partial charge in [0.2, 0.25) is 0 Å². The summed E-state index contributed by atoms with van der Waals surface area (Å²) in [5.41, 5.74) is 0.579. The van der Waals surface area contributed by atoms with Crippen molar-refractivity contribution in [3.05, 3.63) is 50.8 Å². The summed E-state index contributed by atoms with van der Waals surface area (Å²) in [5.74, 6) is -0.232. The fourth-order valence-corrected chi connectivity index (χ4v) is 1.78. The van der Waals surface area contributed by atoms with Crippen LogP contribution in [0.1, 0.15) is 10.6 Å². The third-order valence-corrected chi connectivity index (χ3v) is 3.41. The number of hydrogen-bond acceptors (Lipinski definition) is 2. The fraction of sp³-hybridized carbons (Fsp3) is 0. The molecule has 0 aliphatic heterocycles. The number of anilines is 1. The molecule has 0 aliphatic carbocycles. The molecular weight excluding hydrogens is 329 g/mol. The Bertz CT molecular complexity index is 568. The molecule has 0 radical (unpaired) electrons. The lowest BCUT2D eigenvalue weighted by atomic mass is 10.3. The molecule has 3 nitrogen and oxygen atoms in total. The maximum Gasteiger partial charge on any atom is 0.291 e. The lowest BCUT2D eigenvalue weighted by Crippen LogP contribution is -2.10. The molecule has 0 saturated carbocycles. The van der Waals surface area contributed by atoms with E-state index < -0.39 is 0 Å². The number of rotatable bonds is 2. The second kappa shape index (κ2) is 5.12. The third-order valence-electron chi connectivity index (χ3n) is 1.97. The highest BCUT2D eigenvalue weighted by molar-refractivity contribution is 9.10. The van der Waals surface area contributed by atoms with Crippen LogP contribution in [-0.4, -0.2) is 5.91 Å². The third kappa shape index (κ3) is 3.03. The van der Waals surface area contributed by atoms with Gasteiger partial charge in [0.1, 0.15) is 0 Å². The molecule has 88 valence electrons. The molecule has 0 fully saturated rings. The standard InChI is InChI=1S/C11H6BrCl2NO2/c12-7-2-1-6(5-8(7)13)15-11(16)9-3-4-10(14)17-9/h1-5H,(H,15,16). The quantitative estimate of drug-likeness (QED) is 0.872. The van der Waals surface area contributed by atoms with Crippen molar-refractivity contribution in [2.75, 3.05) is 5.32 Å². The van der Waals surface area contributed by atoms with Crippen LogP contribution in [0.25, 0.3) is 0 Å². The van der Waals surface area contributed by atoms with Crippen LogP contribution in [-0.2, 0) is 0 Å². The highest BCUT2D eigenvalue weighted by Gasteiger charge is 2.11. The van der Waals surface area contributed by atoms with Gasteiger partial charge in [-0.3, -0.25) is 4.79 Å². The number of carbonyl (C=O) groups is 1. The zero-order valence-electron chi connectivity index (χ0n) is 8.34. The Kier molecular flexibility index (Phi) is 3.76. The van der Waals surface area contributed by atoms with Gasteiger partial charge in [-0.2, -0.15) is 0 Å². The molecule has 6 heteroatoms. The zero-order chi connectivity index (χ0) is 12.4. The highest BCUT2D eigenvalue weighted by Crippen LogP contribution is 2.26. The Hall–Kier alpha value is -0.970. The molecule has 0 bridgehead atoms. The summed E-state index contributed by atoms with van der Waals surface area (Å²) in [4.78, 5) is 11.7. The van der Waals surface area contributed by atoms with Gasteiger partial charge in [0, 0.05) is 10.2 Å². The highest BCUT2D eigenvalue weighted by atomic mass is 79.9. The van der Waals surface area contributed by atoms with Gasteiger partial charge in [-0.05, 0) is 57.9 Å². The van der Waals surface area contributed by atoms with E-state index in [-0.39, 0.29) is 16.9 Å². The molecule has 2 aromatic rings. The number of amides is 1. The fourth-order valence-electron chi connectivity index (χ4n) is 1.20. The van der Waals surface area contributed by atoms with E-state index in [1.54, 1.807) is 18.2 Å². The SMILES string of the molecule is O=C(Nc1ccc(Br)c(Cl)c1)c1ccc(Cl)o1. The van der Waals surface area contributed by atoms with E-state index >= 15 is 0 Å². The number of furan rings is 1. The summed E-state index contributed by atoms with van der Waals surface area (Å²) >= 11 is 14.7. The van der Waals surface area contributed by atoms with Gasteiger partial charge in [0.15, 0.2) is 11.0 Å². The van der Waals surface area contributed by atoms with E-state index in [1.165, 1.54) is 12.1 Å². The molecule has 2 rings (SSSR count). The molecular formula is C11H6BrCl2NO2. The smallest absolute Gasteiger partial charge is 0.291 e. The largest absolute Gasteiger partial charge is 0.440 e. The van der Waals surface area contributed by atoms with Crippen molar-refractivity contribution < 1.29 is 9.21 Å². The number of halogens is 3. The Morgan fingerprint density at radius 3 is 2.59 bits per heavy atom. The molecule has 1 N–H and O–H groups in total. The van der Waals surface area contributed by atoms with Crippen LogP contribution < -0.4 is 5.32 Å². The summed E-state index contributed by atoms with van der Waals surface area (Å²) in [6.07, 6.45) is 0. The molecule has 1 aromatic carbocycles. The molecule has 0 spiro atoms. The van der Waals surface area contributed by atoms with Crippen molar-refractivity contribution in [2.45, 2.75) is 0 Å².